The Bertz CT molecular complexity index is 332. The van der Waals surface area contributed by atoms with Crippen molar-refractivity contribution in [3.63, 3.8) is 0 Å². The first-order valence-corrected chi connectivity index (χ1v) is 8.06. The van der Waals surface area contributed by atoms with Crippen molar-refractivity contribution < 1.29 is 9.47 Å². The quantitative estimate of drug-likeness (QED) is 0.582. The first-order valence-electron chi connectivity index (χ1n) is 8.06. The second-order valence-corrected chi connectivity index (χ2v) is 6.06. The lowest BCUT2D eigenvalue weighted by molar-refractivity contribution is -0.0137. The van der Waals surface area contributed by atoms with Crippen LogP contribution in [0.15, 0.2) is 4.99 Å². The normalized spacial score (nSPS) is 27.9. The lowest BCUT2D eigenvalue weighted by atomic mass is 10.1. The van der Waals surface area contributed by atoms with Gasteiger partial charge in [0.2, 0.25) is 0 Å². The zero-order valence-electron chi connectivity index (χ0n) is 13.7. The monoisotopic (exact) mass is 298 g/mol. The lowest BCUT2D eigenvalue weighted by Crippen LogP contribution is -2.44. The van der Waals surface area contributed by atoms with E-state index in [0.29, 0.717) is 5.92 Å². The van der Waals surface area contributed by atoms with Crippen molar-refractivity contribution in [1.29, 1.82) is 0 Å². The molecule has 0 aromatic rings. The number of morpholine rings is 1. The highest BCUT2D eigenvalue weighted by Crippen LogP contribution is 2.13. The molecule has 0 aromatic carbocycles. The molecule has 2 saturated heterocycles. The van der Waals surface area contributed by atoms with Gasteiger partial charge in [0, 0.05) is 45.8 Å². The molecule has 2 heterocycles. The fraction of sp³-hybridized carbons (Fsp3) is 0.933. The maximum absolute atomic E-state index is 5.78. The van der Waals surface area contributed by atoms with Crippen LogP contribution in [0.3, 0.4) is 0 Å². The average molecular weight is 298 g/mol. The van der Waals surface area contributed by atoms with Crippen LogP contribution in [0.4, 0.5) is 0 Å². The summed E-state index contributed by atoms with van der Waals surface area (Å²) in [5.41, 5.74) is 0. The number of likely N-dealkylation sites (N-methyl/N-ethyl adjacent to an activating group) is 1. The Morgan fingerprint density at radius 3 is 2.95 bits per heavy atom. The summed E-state index contributed by atoms with van der Waals surface area (Å²) >= 11 is 0. The van der Waals surface area contributed by atoms with Crippen molar-refractivity contribution in [2.45, 2.75) is 19.4 Å². The fourth-order valence-electron chi connectivity index (χ4n) is 2.84. The number of aliphatic imine (C=N–C) groups is 1. The van der Waals surface area contributed by atoms with Crippen LogP contribution in [-0.2, 0) is 9.47 Å². The highest BCUT2D eigenvalue weighted by atomic mass is 16.5. The summed E-state index contributed by atoms with van der Waals surface area (Å²) in [5.74, 6) is 1.59. The van der Waals surface area contributed by atoms with Crippen LogP contribution in [-0.4, -0.2) is 88.5 Å². The van der Waals surface area contributed by atoms with Crippen molar-refractivity contribution in [2.24, 2.45) is 10.9 Å². The molecule has 122 valence electrons. The second kappa shape index (κ2) is 8.56. The van der Waals surface area contributed by atoms with Gasteiger partial charge in [-0.15, -0.1) is 0 Å². The second-order valence-electron chi connectivity index (χ2n) is 6.06. The number of nitrogens with zero attached hydrogens (tertiary/aromatic N) is 3. The van der Waals surface area contributed by atoms with Gasteiger partial charge in [0.15, 0.2) is 5.96 Å². The molecule has 0 spiro atoms. The summed E-state index contributed by atoms with van der Waals surface area (Å²) in [6.07, 6.45) is 1.36. The molecule has 2 atom stereocenters. The van der Waals surface area contributed by atoms with Gasteiger partial charge in [0.25, 0.3) is 0 Å². The lowest BCUT2D eigenvalue weighted by Gasteiger charge is -2.30. The molecule has 1 N–H and O–H groups in total. The molecule has 0 aromatic heterocycles. The molecule has 0 radical (unpaired) electrons. The van der Waals surface area contributed by atoms with Gasteiger partial charge in [-0.3, -0.25) is 4.99 Å². The predicted octanol–water partition coefficient (Wildman–Crippen LogP) is 0.251. The van der Waals surface area contributed by atoms with E-state index in [2.05, 4.69) is 36.1 Å². The Labute approximate surface area is 128 Å². The molecule has 0 amide bonds. The van der Waals surface area contributed by atoms with Crippen LogP contribution in [0.1, 0.15) is 13.3 Å². The zero-order chi connectivity index (χ0) is 15.1. The Hall–Kier alpha value is -0.850. The third-order valence-electron chi connectivity index (χ3n) is 4.04. The summed E-state index contributed by atoms with van der Waals surface area (Å²) in [6.45, 7) is 9.26. The molecule has 21 heavy (non-hydrogen) atoms. The molecule has 6 nitrogen and oxygen atoms in total. The highest BCUT2D eigenvalue weighted by molar-refractivity contribution is 5.79. The number of guanidine groups is 1. The van der Waals surface area contributed by atoms with Crippen molar-refractivity contribution in [3.8, 4) is 0 Å². The number of hydrogen-bond donors (Lipinski definition) is 1. The summed E-state index contributed by atoms with van der Waals surface area (Å²) in [4.78, 5) is 9.27. The van der Waals surface area contributed by atoms with E-state index in [-0.39, 0.29) is 6.10 Å². The molecule has 2 unspecified atom stereocenters. The minimum Gasteiger partial charge on any atom is -0.381 e. The number of hydrogen-bond acceptors (Lipinski definition) is 4. The minimum atomic E-state index is 0.209. The molecule has 2 aliphatic rings. The Kier molecular flexibility index (Phi) is 6.73. The van der Waals surface area contributed by atoms with Crippen LogP contribution >= 0.6 is 0 Å². The van der Waals surface area contributed by atoms with E-state index < -0.39 is 0 Å². The van der Waals surface area contributed by atoms with Crippen molar-refractivity contribution >= 4 is 5.96 Å². The SMILES string of the molecule is CCNC(=NCC1CN(C)CCO1)N(C)CC1CCOC1. The highest BCUT2D eigenvalue weighted by Gasteiger charge is 2.20. The molecule has 0 aliphatic carbocycles. The van der Waals surface area contributed by atoms with Gasteiger partial charge in [-0.25, -0.2) is 0 Å². The maximum atomic E-state index is 5.78. The van der Waals surface area contributed by atoms with Crippen LogP contribution < -0.4 is 5.32 Å². The van der Waals surface area contributed by atoms with Gasteiger partial charge in [-0.05, 0) is 20.4 Å². The smallest absolute Gasteiger partial charge is 0.193 e. The first kappa shape index (κ1) is 16.5. The summed E-state index contributed by atoms with van der Waals surface area (Å²) in [7, 11) is 4.24. The summed E-state index contributed by atoms with van der Waals surface area (Å²) in [5, 5.41) is 3.37. The number of nitrogens with one attached hydrogen (secondary N) is 1. The average Bonchev–Trinajstić information content (AvgIpc) is 2.96. The summed E-state index contributed by atoms with van der Waals surface area (Å²) < 4.78 is 11.2. The van der Waals surface area contributed by atoms with Crippen molar-refractivity contribution in [2.75, 3.05) is 66.6 Å². The van der Waals surface area contributed by atoms with Crippen LogP contribution in [0, 0.1) is 5.92 Å². The van der Waals surface area contributed by atoms with E-state index in [1.54, 1.807) is 0 Å². The Balaban J connectivity index is 1.84. The molecule has 2 rings (SSSR count). The summed E-state index contributed by atoms with van der Waals surface area (Å²) in [6, 6.07) is 0. The first-order chi connectivity index (χ1) is 10.2. The van der Waals surface area contributed by atoms with E-state index in [0.717, 1.165) is 64.9 Å². The zero-order valence-corrected chi connectivity index (χ0v) is 13.7. The van der Waals surface area contributed by atoms with Crippen molar-refractivity contribution in [3.05, 3.63) is 0 Å². The third kappa shape index (κ3) is 5.45. The number of ether oxygens (including phenoxy) is 2. The molecule has 2 aliphatic heterocycles. The van der Waals surface area contributed by atoms with Crippen LogP contribution in [0.25, 0.3) is 0 Å². The Morgan fingerprint density at radius 2 is 2.29 bits per heavy atom. The fourth-order valence-corrected chi connectivity index (χ4v) is 2.84. The van der Waals surface area contributed by atoms with E-state index >= 15 is 0 Å². The molecule has 2 fully saturated rings. The largest absolute Gasteiger partial charge is 0.381 e. The third-order valence-corrected chi connectivity index (χ3v) is 4.04. The van der Waals surface area contributed by atoms with E-state index in [1.165, 1.54) is 0 Å². The van der Waals surface area contributed by atoms with Gasteiger partial charge in [-0.2, -0.15) is 0 Å². The van der Waals surface area contributed by atoms with Gasteiger partial charge in [0.05, 0.1) is 25.9 Å². The molecule has 0 bridgehead atoms. The van der Waals surface area contributed by atoms with Crippen molar-refractivity contribution in [1.82, 2.24) is 15.1 Å². The molecule has 6 heteroatoms. The van der Waals surface area contributed by atoms with Gasteiger partial charge >= 0.3 is 0 Å². The predicted molar refractivity (Wildman–Crippen MR) is 84.8 cm³/mol. The molecule has 0 saturated carbocycles. The van der Waals surface area contributed by atoms with Crippen LogP contribution in [0.5, 0.6) is 0 Å². The van der Waals surface area contributed by atoms with E-state index in [9.17, 15) is 0 Å². The van der Waals surface area contributed by atoms with Gasteiger partial charge in [-0.1, -0.05) is 0 Å². The Morgan fingerprint density at radius 1 is 1.43 bits per heavy atom. The molecular formula is C15H30N4O2. The maximum Gasteiger partial charge on any atom is 0.193 e. The topological polar surface area (TPSA) is 49.3 Å². The van der Waals surface area contributed by atoms with E-state index in [1.807, 2.05) is 0 Å². The standard InChI is InChI=1S/C15H30N4O2/c1-4-16-15(19(3)10-13-5-7-20-12-13)17-9-14-11-18(2)6-8-21-14/h13-14H,4-12H2,1-3H3,(H,16,17). The molecular weight excluding hydrogens is 268 g/mol. The van der Waals surface area contributed by atoms with Gasteiger partial charge in [0.1, 0.15) is 0 Å². The van der Waals surface area contributed by atoms with Crippen LogP contribution in [0.2, 0.25) is 0 Å². The number of rotatable bonds is 5. The minimum absolute atomic E-state index is 0.209. The van der Waals surface area contributed by atoms with E-state index in [4.69, 9.17) is 14.5 Å². The van der Waals surface area contributed by atoms with Gasteiger partial charge < -0.3 is 24.6 Å².